The highest BCUT2D eigenvalue weighted by molar-refractivity contribution is 5.80. The first-order chi connectivity index (χ1) is 9.31. The molecule has 4 heteroatoms. The first kappa shape index (κ1) is 11.5. The number of allylic oxidation sites excluding steroid dienone is 1. The van der Waals surface area contributed by atoms with Crippen molar-refractivity contribution in [1.29, 1.82) is 0 Å². The number of rotatable bonds is 3. The Morgan fingerprint density at radius 1 is 1.26 bits per heavy atom. The molecule has 1 aromatic carbocycles. The second kappa shape index (κ2) is 4.94. The maximum Gasteiger partial charge on any atom is 0.248 e. The number of imidazole rings is 1. The number of fused-ring (bicyclic) bond motifs is 1. The molecule has 3 aromatic rings. The number of nitrogens with zero attached hydrogens (tertiary/aromatic N) is 2. The van der Waals surface area contributed by atoms with Gasteiger partial charge in [0, 0.05) is 30.5 Å². The first-order valence-electron chi connectivity index (χ1n) is 6.07. The Hall–Kier alpha value is -2.62. The minimum Gasteiger partial charge on any atom is -0.334 e. The van der Waals surface area contributed by atoms with E-state index in [1.54, 1.807) is 18.6 Å². The van der Waals surface area contributed by atoms with E-state index in [4.69, 9.17) is 0 Å². The molecule has 0 radical (unpaired) electrons. The van der Waals surface area contributed by atoms with Gasteiger partial charge in [-0.15, -0.1) is 0 Å². The Bertz CT molecular complexity index is 769. The van der Waals surface area contributed by atoms with Crippen LogP contribution in [0.15, 0.2) is 59.9 Å². The van der Waals surface area contributed by atoms with Gasteiger partial charge in [0.2, 0.25) is 5.56 Å². The summed E-state index contributed by atoms with van der Waals surface area (Å²) in [6.07, 6.45) is 9.62. The molecule has 0 spiro atoms. The van der Waals surface area contributed by atoms with Crippen molar-refractivity contribution >= 4 is 17.0 Å². The lowest BCUT2D eigenvalue weighted by Gasteiger charge is -1.99. The van der Waals surface area contributed by atoms with Crippen molar-refractivity contribution in [3.63, 3.8) is 0 Å². The lowest BCUT2D eigenvalue weighted by molar-refractivity contribution is 0.823. The summed E-state index contributed by atoms with van der Waals surface area (Å²) < 4.78 is 2.00. The molecule has 0 bridgehead atoms. The van der Waals surface area contributed by atoms with E-state index in [-0.39, 0.29) is 5.56 Å². The smallest absolute Gasteiger partial charge is 0.248 e. The molecule has 0 saturated heterocycles. The molecule has 2 heterocycles. The van der Waals surface area contributed by atoms with Crippen LogP contribution in [0.3, 0.4) is 0 Å². The van der Waals surface area contributed by atoms with E-state index in [9.17, 15) is 4.79 Å². The zero-order valence-electron chi connectivity index (χ0n) is 10.3. The molecular formula is C15H13N3O. The third kappa shape index (κ3) is 2.63. The third-order valence-electron chi connectivity index (χ3n) is 2.93. The van der Waals surface area contributed by atoms with Gasteiger partial charge in [-0.2, -0.15) is 0 Å². The highest BCUT2D eigenvalue weighted by atomic mass is 16.1. The van der Waals surface area contributed by atoms with E-state index < -0.39 is 0 Å². The van der Waals surface area contributed by atoms with Gasteiger partial charge in [-0.1, -0.05) is 18.2 Å². The van der Waals surface area contributed by atoms with Crippen LogP contribution in [-0.4, -0.2) is 14.5 Å². The SMILES string of the molecule is O=c1ccc2cc(/C=C/Cn3ccnc3)ccc2[nH]1. The number of hydrogen-bond donors (Lipinski definition) is 1. The number of H-pyrrole nitrogens is 1. The Morgan fingerprint density at radius 3 is 3.05 bits per heavy atom. The molecule has 0 aliphatic heterocycles. The Kier molecular flexibility index (Phi) is 2.98. The summed E-state index contributed by atoms with van der Waals surface area (Å²) in [5.41, 5.74) is 1.90. The van der Waals surface area contributed by atoms with Crippen molar-refractivity contribution in [2.24, 2.45) is 0 Å². The molecule has 2 aromatic heterocycles. The van der Waals surface area contributed by atoms with E-state index in [0.29, 0.717) is 0 Å². The fraction of sp³-hybridized carbons (Fsp3) is 0.0667. The highest BCUT2D eigenvalue weighted by Crippen LogP contribution is 2.13. The summed E-state index contributed by atoms with van der Waals surface area (Å²) in [4.78, 5) is 18.0. The van der Waals surface area contributed by atoms with E-state index in [1.165, 1.54) is 0 Å². The minimum atomic E-state index is -0.0732. The minimum absolute atomic E-state index is 0.0732. The molecule has 0 amide bonds. The predicted octanol–water partition coefficient (Wildman–Crippen LogP) is 2.44. The van der Waals surface area contributed by atoms with Crippen LogP contribution in [0.4, 0.5) is 0 Å². The average Bonchev–Trinajstić information content (AvgIpc) is 2.92. The topological polar surface area (TPSA) is 50.7 Å². The third-order valence-corrected chi connectivity index (χ3v) is 2.93. The van der Waals surface area contributed by atoms with Crippen molar-refractivity contribution < 1.29 is 0 Å². The van der Waals surface area contributed by atoms with Crippen LogP contribution in [0.25, 0.3) is 17.0 Å². The van der Waals surface area contributed by atoms with Gasteiger partial charge in [0.15, 0.2) is 0 Å². The number of aromatic amines is 1. The van der Waals surface area contributed by atoms with Crippen LogP contribution in [-0.2, 0) is 6.54 Å². The number of hydrogen-bond acceptors (Lipinski definition) is 2. The molecule has 19 heavy (non-hydrogen) atoms. The molecule has 3 rings (SSSR count). The second-order valence-corrected chi connectivity index (χ2v) is 4.33. The normalized spacial score (nSPS) is 11.4. The van der Waals surface area contributed by atoms with E-state index in [1.807, 2.05) is 29.0 Å². The average molecular weight is 251 g/mol. The maximum absolute atomic E-state index is 11.2. The molecule has 0 aliphatic carbocycles. The highest BCUT2D eigenvalue weighted by Gasteiger charge is 1.95. The molecule has 0 fully saturated rings. The van der Waals surface area contributed by atoms with Crippen LogP contribution >= 0.6 is 0 Å². The summed E-state index contributed by atoms with van der Waals surface area (Å²) in [7, 11) is 0. The van der Waals surface area contributed by atoms with Crippen LogP contribution in [0, 0.1) is 0 Å². The quantitative estimate of drug-likeness (QED) is 0.777. The zero-order valence-corrected chi connectivity index (χ0v) is 10.3. The molecule has 1 N–H and O–H groups in total. The van der Waals surface area contributed by atoms with Gasteiger partial charge in [-0.05, 0) is 29.1 Å². The van der Waals surface area contributed by atoms with Crippen LogP contribution in [0.5, 0.6) is 0 Å². The second-order valence-electron chi connectivity index (χ2n) is 4.33. The van der Waals surface area contributed by atoms with E-state index in [2.05, 4.69) is 28.2 Å². The van der Waals surface area contributed by atoms with Crippen LogP contribution < -0.4 is 5.56 Å². The predicted molar refractivity (Wildman–Crippen MR) is 75.8 cm³/mol. The largest absolute Gasteiger partial charge is 0.334 e. The standard InChI is InChI=1S/C15H13N3O/c19-15-6-4-13-10-12(3-5-14(13)17-15)2-1-8-18-9-7-16-11-18/h1-7,9-11H,8H2,(H,17,19)/b2-1+. The van der Waals surface area contributed by atoms with E-state index in [0.717, 1.165) is 23.0 Å². The van der Waals surface area contributed by atoms with Crippen molar-refractivity contribution in [1.82, 2.24) is 14.5 Å². The number of nitrogens with one attached hydrogen (secondary N) is 1. The fourth-order valence-electron chi connectivity index (χ4n) is 1.98. The van der Waals surface area contributed by atoms with Crippen LogP contribution in [0.1, 0.15) is 5.56 Å². The molecular weight excluding hydrogens is 238 g/mol. The monoisotopic (exact) mass is 251 g/mol. The van der Waals surface area contributed by atoms with Crippen molar-refractivity contribution in [3.05, 3.63) is 71.0 Å². The number of aromatic nitrogens is 3. The van der Waals surface area contributed by atoms with Gasteiger partial charge in [-0.3, -0.25) is 4.79 Å². The molecule has 0 aliphatic rings. The zero-order chi connectivity index (χ0) is 13.1. The lowest BCUT2D eigenvalue weighted by Crippen LogP contribution is -2.01. The summed E-state index contributed by atoms with van der Waals surface area (Å²) in [6.45, 7) is 0.795. The molecule has 4 nitrogen and oxygen atoms in total. The number of pyridine rings is 1. The van der Waals surface area contributed by atoms with Gasteiger partial charge in [0.1, 0.15) is 0 Å². The van der Waals surface area contributed by atoms with Gasteiger partial charge in [-0.25, -0.2) is 4.98 Å². The fourth-order valence-corrected chi connectivity index (χ4v) is 1.98. The molecule has 0 atom stereocenters. The summed E-state index contributed by atoms with van der Waals surface area (Å²) in [5.74, 6) is 0. The van der Waals surface area contributed by atoms with E-state index >= 15 is 0 Å². The number of benzene rings is 1. The summed E-state index contributed by atoms with van der Waals surface area (Å²) >= 11 is 0. The molecule has 0 saturated carbocycles. The molecule has 94 valence electrons. The van der Waals surface area contributed by atoms with Crippen molar-refractivity contribution in [2.45, 2.75) is 6.54 Å². The molecule has 0 unspecified atom stereocenters. The van der Waals surface area contributed by atoms with Crippen LogP contribution in [0.2, 0.25) is 0 Å². The van der Waals surface area contributed by atoms with Crippen molar-refractivity contribution in [3.8, 4) is 0 Å². The first-order valence-corrected chi connectivity index (χ1v) is 6.07. The summed E-state index contributed by atoms with van der Waals surface area (Å²) in [6, 6.07) is 9.34. The van der Waals surface area contributed by atoms with Gasteiger partial charge >= 0.3 is 0 Å². The Balaban J connectivity index is 1.83. The van der Waals surface area contributed by atoms with Gasteiger partial charge < -0.3 is 9.55 Å². The van der Waals surface area contributed by atoms with Gasteiger partial charge in [0.25, 0.3) is 0 Å². The van der Waals surface area contributed by atoms with Crippen molar-refractivity contribution in [2.75, 3.05) is 0 Å². The lowest BCUT2D eigenvalue weighted by atomic mass is 10.1. The Morgan fingerprint density at radius 2 is 2.21 bits per heavy atom. The van der Waals surface area contributed by atoms with Gasteiger partial charge in [0.05, 0.1) is 6.33 Å². The Labute approximate surface area is 110 Å². The maximum atomic E-state index is 11.2. The summed E-state index contributed by atoms with van der Waals surface area (Å²) in [5, 5.41) is 1.03.